The van der Waals surface area contributed by atoms with Gasteiger partial charge in [0.1, 0.15) is 0 Å². The highest BCUT2D eigenvalue weighted by atomic mass is 32.3. The molecule has 0 aromatic carbocycles. The molecule has 4 heteroatoms. The van der Waals surface area contributed by atoms with E-state index in [4.69, 9.17) is 0 Å². The number of hydrogen-bond acceptors (Lipinski definition) is 3. The molecule has 3 nitrogen and oxygen atoms in total. The lowest BCUT2D eigenvalue weighted by molar-refractivity contribution is 0.427. The molecule has 0 fully saturated rings. The molecular weight excluding hydrogens is 194 g/mol. The molecule has 0 aliphatic carbocycles. The quantitative estimate of drug-likeness (QED) is 0.700. The number of aliphatic imine (C=N–C) groups is 1. The Hall–Kier alpha value is -0.380. The summed E-state index contributed by atoms with van der Waals surface area (Å²) in [7, 11) is 3.65. The zero-order valence-electron chi connectivity index (χ0n) is 10.1. The summed E-state index contributed by atoms with van der Waals surface area (Å²) in [4.78, 5) is 6.89. The Morgan fingerprint density at radius 1 is 1.50 bits per heavy atom. The molecule has 0 unspecified atom stereocenters. The van der Waals surface area contributed by atoms with E-state index in [9.17, 15) is 0 Å². The van der Waals surface area contributed by atoms with Crippen LogP contribution < -0.4 is 0 Å². The van der Waals surface area contributed by atoms with Crippen molar-refractivity contribution in [2.24, 2.45) is 4.99 Å². The molecule has 84 valence electrons. The monoisotopic (exact) mass is 217 g/mol. The van der Waals surface area contributed by atoms with Crippen LogP contribution >= 0.6 is 10.2 Å². The molecule has 0 saturated heterocycles. The maximum Gasteiger partial charge on any atom is 0.204 e. The molecule has 0 spiro atoms. The highest BCUT2D eigenvalue weighted by Gasteiger charge is 2.23. The first-order valence-corrected chi connectivity index (χ1v) is 7.77. The molecule has 1 heterocycles. The number of guanidine groups is 1. The summed E-state index contributed by atoms with van der Waals surface area (Å²) in [5.74, 6) is 2.40. The van der Waals surface area contributed by atoms with Gasteiger partial charge in [-0.15, -0.1) is 0 Å². The van der Waals surface area contributed by atoms with E-state index in [0.29, 0.717) is 0 Å². The van der Waals surface area contributed by atoms with E-state index in [1.54, 1.807) is 0 Å². The standard InChI is InChI=1S/C10H23N3S/c1-6-14(4,5)13(3)10-11-8-7-9-12(10)2/h6-9H2,1-5H3. The Labute approximate surface area is 89.6 Å². The van der Waals surface area contributed by atoms with Gasteiger partial charge in [0, 0.05) is 27.2 Å². The molecular formula is C10H23N3S. The van der Waals surface area contributed by atoms with Crippen LogP contribution in [0.4, 0.5) is 0 Å². The second-order valence-electron chi connectivity index (χ2n) is 4.22. The minimum absolute atomic E-state index is 0.670. The van der Waals surface area contributed by atoms with E-state index in [1.807, 2.05) is 0 Å². The maximum atomic E-state index is 4.61. The van der Waals surface area contributed by atoms with Crippen molar-refractivity contribution in [3.05, 3.63) is 0 Å². The molecule has 1 aliphatic heterocycles. The van der Waals surface area contributed by atoms with Gasteiger partial charge in [0.25, 0.3) is 0 Å². The summed E-state index contributed by atoms with van der Waals surface area (Å²) in [5, 5.41) is 0. The van der Waals surface area contributed by atoms with Gasteiger partial charge < -0.3 is 9.21 Å². The Kier molecular flexibility index (Phi) is 3.70. The fraction of sp³-hybridized carbons (Fsp3) is 0.900. The molecule has 0 amide bonds. The molecule has 0 N–H and O–H groups in total. The third-order valence-corrected chi connectivity index (χ3v) is 6.03. The zero-order valence-corrected chi connectivity index (χ0v) is 10.9. The summed E-state index contributed by atoms with van der Waals surface area (Å²) in [6.07, 6.45) is 5.88. The smallest absolute Gasteiger partial charge is 0.204 e. The molecule has 0 radical (unpaired) electrons. The third kappa shape index (κ3) is 2.35. The lowest BCUT2D eigenvalue weighted by Gasteiger charge is -2.45. The summed E-state index contributed by atoms with van der Waals surface area (Å²) >= 11 is 0. The van der Waals surface area contributed by atoms with Crippen molar-refractivity contribution in [1.29, 1.82) is 0 Å². The Morgan fingerprint density at radius 2 is 2.14 bits per heavy atom. The van der Waals surface area contributed by atoms with Gasteiger partial charge in [-0.2, -0.15) is 10.2 Å². The van der Waals surface area contributed by atoms with Crippen molar-refractivity contribution in [1.82, 2.24) is 9.21 Å². The average molecular weight is 217 g/mol. The van der Waals surface area contributed by atoms with Crippen molar-refractivity contribution < 1.29 is 0 Å². The molecule has 0 bridgehead atoms. The first-order valence-electron chi connectivity index (χ1n) is 5.19. The normalized spacial score (nSPS) is 19.2. The Balaban J connectivity index is 2.77. The van der Waals surface area contributed by atoms with Gasteiger partial charge in [-0.1, -0.05) is 6.92 Å². The summed E-state index contributed by atoms with van der Waals surface area (Å²) in [5.41, 5.74) is 0. The minimum Gasteiger partial charge on any atom is -0.345 e. The largest absolute Gasteiger partial charge is 0.345 e. The van der Waals surface area contributed by atoms with Gasteiger partial charge >= 0.3 is 0 Å². The van der Waals surface area contributed by atoms with Crippen molar-refractivity contribution in [3.8, 4) is 0 Å². The van der Waals surface area contributed by atoms with Gasteiger partial charge in [-0.25, -0.2) is 0 Å². The SMILES string of the molecule is CCS(C)(C)N(C)C1=NCCCN1C. The van der Waals surface area contributed by atoms with Gasteiger partial charge in [0.2, 0.25) is 5.96 Å². The van der Waals surface area contributed by atoms with E-state index in [-0.39, 0.29) is 0 Å². The summed E-state index contributed by atoms with van der Waals surface area (Å²) < 4.78 is 2.38. The van der Waals surface area contributed by atoms with E-state index >= 15 is 0 Å². The second kappa shape index (κ2) is 4.43. The second-order valence-corrected chi connectivity index (χ2v) is 8.31. The van der Waals surface area contributed by atoms with Gasteiger partial charge in [0.05, 0.1) is 0 Å². The molecule has 0 aromatic heterocycles. The van der Waals surface area contributed by atoms with Gasteiger partial charge in [-0.05, 0) is 24.7 Å². The first-order chi connectivity index (χ1) is 6.49. The van der Waals surface area contributed by atoms with Crippen LogP contribution in [0.15, 0.2) is 4.99 Å². The lowest BCUT2D eigenvalue weighted by atomic mass is 10.3. The van der Waals surface area contributed by atoms with Crippen LogP contribution in [0.25, 0.3) is 0 Å². The van der Waals surface area contributed by atoms with Gasteiger partial charge in [0.15, 0.2) is 0 Å². The molecule has 1 aliphatic rings. The van der Waals surface area contributed by atoms with E-state index in [2.05, 4.69) is 47.7 Å². The summed E-state index contributed by atoms with van der Waals surface area (Å²) in [6.45, 7) is 4.39. The highest BCUT2D eigenvalue weighted by molar-refractivity contribution is 8.31. The van der Waals surface area contributed by atoms with Crippen LogP contribution in [-0.2, 0) is 0 Å². The fourth-order valence-corrected chi connectivity index (χ4v) is 2.49. The molecule has 14 heavy (non-hydrogen) atoms. The molecule has 0 aromatic rings. The number of hydrogen-bond donors (Lipinski definition) is 0. The van der Waals surface area contributed by atoms with Crippen LogP contribution in [0, 0.1) is 0 Å². The predicted molar refractivity (Wildman–Crippen MR) is 67.3 cm³/mol. The molecule has 0 saturated carbocycles. The number of rotatable bonds is 2. The van der Waals surface area contributed by atoms with Crippen molar-refractivity contribution in [2.45, 2.75) is 13.3 Å². The first kappa shape index (κ1) is 11.7. The third-order valence-electron chi connectivity index (χ3n) is 2.98. The molecule has 1 rings (SSSR count). The van der Waals surface area contributed by atoms with Crippen LogP contribution in [0.5, 0.6) is 0 Å². The van der Waals surface area contributed by atoms with E-state index in [1.165, 1.54) is 18.1 Å². The number of nitrogens with zero attached hydrogens (tertiary/aromatic N) is 3. The fourth-order valence-electron chi connectivity index (χ4n) is 1.46. The van der Waals surface area contributed by atoms with Crippen LogP contribution in [0.2, 0.25) is 0 Å². The zero-order chi connectivity index (χ0) is 10.8. The van der Waals surface area contributed by atoms with Crippen LogP contribution in [0.1, 0.15) is 13.3 Å². The Bertz CT molecular complexity index is 225. The van der Waals surface area contributed by atoms with Crippen molar-refractivity contribution >= 4 is 16.2 Å². The Morgan fingerprint density at radius 3 is 2.64 bits per heavy atom. The van der Waals surface area contributed by atoms with Gasteiger partial charge in [-0.3, -0.25) is 4.99 Å². The maximum absolute atomic E-state index is 4.61. The van der Waals surface area contributed by atoms with Crippen LogP contribution in [-0.4, -0.2) is 60.6 Å². The average Bonchev–Trinajstić information content (AvgIpc) is 2.17. The topological polar surface area (TPSA) is 18.8 Å². The lowest BCUT2D eigenvalue weighted by Crippen LogP contribution is -2.44. The minimum atomic E-state index is -0.670. The highest BCUT2D eigenvalue weighted by Crippen LogP contribution is 2.42. The van der Waals surface area contributed by atoms with Crippen molar-refractivity contribution in [2.75, 3.05) is 45.4 Å². The summed E-state index contributed by atoms with van der Waals surface area (Å²) in [6, 6.07) is 0. The van der Waals surface area contributed by atoms with Crippen LogP contribution in [0.3, 0.4) is 0 Å². The molecule has 0 atom stereocenters. The van der Waals surface area contributed by atoms with E-state index < -0.39 is 10.2 Å². The van der Waals surface area contributed by atoms with Crippen molar-refractivity contribution in [3.63, 3.8) is 0 Å². The van der Waals surface area contributed by atoms with E-state index in [0.717, 1.165) is 13.1 Å². The predicted octanol–water partition coefficient (Wildman–Crippen LogP) is 1.61.